The first-order valence-electron chi connectivity index (χ1n) is 7.66. The molecule has 0 bridgehead atoms. The molecule has 18 heavy (non-hydrogen) atoms. The largest absolute Gasteiger partial charge is 0.350 e. The molecule has 0 aliphatic heterocycles. The van der Waals surface area contributed by atoms with Crippen LogP contribution in [0.3, 0.4) is 0 Å². The molecular formula is C16H30N2. The van der Waals surface area contributed by atoms with Crippen LogP contribution in [0.2, 0.25) is 0 Å². The Morgan fingerprint density at radius 3 is 2.72 bits per heavy atom. The Balaban J connectivity index is 2.46. The molecule has 1 atom stereocenters. The highest BCUT2D eigenvalue weighted by atomic mass is 15.0. The van der Waals surface area contributed by atoms with Crippen LogP contribution in [0, 0.1) is 5.92 Å². The number of nitrogens with one attached hydrogen (secondary N) is 1. The SMILES string of the molecule is CCCCC(CC)Cn1cccc1CNCCC. The van der Waals surface area contributed by atoms with Gasteiger partial charge in [0, 0.05) is 25.0 Å². The minimum atomic E-state index is 0.835. The van der Waals surface area contributed by atoms with Gasteiger partial charge in [0.1, 0.15) is 0 Å². The Morgan fingerprint density at radius 1 is 1.22 bits per heavy atom. The summed E-state index contributed by atoms with van der Waals surface area (Å²) in [7, 11) is 0. The summed E-state index contributed by atoms with van der Waals surface area (Å²) in [6, 6.07) is 4.42. The zero-order valence-corrected chi connectivity index (χ0v) is 12.4. The molecule has 1 heterocycles. The lowest BCUT2D eigenvalue weighted by Crippen LogP contribution is -2.18. The van der Waals surface area contributed by atoms with Crippen LogP contribution in [0.5, 0.6) is 0 Å². The van der Waals surface area contributed by atoms with Crippen molar-refractivity contribution in [1.82, 2.24) is 9.88 Å². The Morgan fingerprint density at radius 2 is 2.06 bits per heavy atom. The lowest BCUT2D eigenvalue weighted by molar-refractivity contribution is 0.384. The average Bonchev–Trinajstić information content (AvgIpc) is 2.82. The Labute approximate surface area is 113 Å². The predicted octanol–water partition coefficient (Wildman–Crippen LogP) is 4.20. The molecule has 1 rings (SSSR count). The summed E-state index contributed by atoms with van der Waals surface area (Å²) in [4.78, 5) is 0. The second-order valence-electron chi connectivity index (χ2n) is 5.25. The molecule has 0 saturated carbocycles. The normalized spacial score (nSPS) is 12.8. The van der Waals surface area contributed by atoms with Crippen molar-refractivity contribution in [3.05, 3.63) is 24.0 Å². The van der Waals surface area contributed by atoms with E-state index < -0.39 is 0 Å². The molecule has 1 aromatic rings. The molecule has 1 aromatic heterocycles. The second-order valence-corrected chi connectivity index (χ2v) is 5.25. The lowest BCUT2D eigenvalue weighted by atomic mass is 9.99. The fourth-order valence-corrected chi connectivity index (χ4v) is 2.38. The Bertz CT molecular complexity index is 304. The van der Waals surface area contributed by atoms with Crippen molar-refractivity contribution in [3.8, 4) is 0 Å². The monoisotopic (exact) mass is 250 g/mol. The molecule has 0 aromatic carbocycles. The first kappa shape index (κ1) is 15.3. The number of unbranched alkanes of at least 4 members (excludes halogenated alkanes) is 1. The topological polar surface area (TPSA) is 17.0 Å². The molecule has 0 saturated heterocycles. The zero-order chi connectivity index (χ0) is 13.2. The van der Waals surface area contributed by atoms with E-state index in [4.69, 9.17) is 0 Å². The maximum Gasteiger partial charge on any atom is 0.0359 e. The summed E-state index contributed by atoms with van der Waals surface area (Å²) >= 11 is 0. The first-order chi connectivity index (χ1) is 8.81. The van der Waals surface area contributed by atoms with Gasteiger partial charge in [-0.3, -0.25) is 0 Å². The summed E-state index contributed by atoms with van der Waals surface area (Å²) in [5.41, 5.74) is 1.43. The highest BCUT2D eigenvalue weighted by Gasteiger charge is 2.08. The molecule has 0 aliphatic carbocycles. The van der Waals surface area contributed by atoms with E-state index in [-0.39, 0.29) is 0 Å². The molecule has 2 heteroatoms. The van der Waals surface area contributed by atoms with Gasteiger partial charge in [0.25, 0.3) is 0 Å². The smallest absolute Gasteiger partial charge is 0.0359 e. The molecule has 0 spiro atoms. The standard InChI is InChI=1S/C16H30N2/c1-4-7-9-15(6-3)14-18-12-8-10-16(18)13-17-11-5-2/h8,10,12,15,17H,4-7,9,11,13-14H2,1-3H3. The van der Waals surface area contributed by atoms with Crippen molar-refractivity contribution >= 4 is 0 Å². The summed E-state index contributed by atoms with van der Waals surface area (Å²) in [5.74, 6) is 0.835. The van der Waals surface area contributed by atoms with Gasteiger partial charge in [-0.2, -0.15) is 0 Å². The molecule has 1 unspecified atom stereocenters. The van der Waals surface area contributed by atoms with Crippen LogP contribution in [0.25, 0.3) is 0 Å². The fourth-order valence-electron chi connectivity index (χ4n) is 2.38. The van der Waals surface area contributed by atoms with Gasteiger partial charge in [-0.1, -0.05) is 40.0 Å². The van der Waals surface area contributed by atoms with Crippen molar-refractivity contribution < 1.29 is 0 Å². The van der Waals surface area contributed by atoms with E-state index in [1.54, 1.807) is 0 Å². The lowest BCUT2D eigenvalue weighted by Gasteiger charge is -2.18. The van der Waals surface area contributed by atoms with Gasteiger partial charge in [0.2, 0.25) is 0 Å². The van der Waals surface area contributed by atoms with E-state index in [2.05, 4.69) is 49.0 Å². The maximum atomic E-state index is 3.49. The van der Waals surface area contributed by atoms with Crippen molar-refractivity contribution in [2.75, 3.05) is 6.54 Å². The third-order valence-corrected chi connectivity index (χ3v) is 3.65. The Hall–Kier alpha value is -0.760. The molecule has 1 N–H and O–H groups in total. The maximum absolute atomic E-state index is 3.49. The molecule has 2 nitrogen and oxygen atoms in total. The molecule has 0 amide bonds. The summed E-state index contributed by atoms with van der Waals surface area (Å²) in [6.07, 6.45) is 8.77. The summed E-state index contributed by atoms with van der Waals surface area (Å²) < 4.78 is 2.44. The quantitative estimate of drug-likeness (QED) is 0.616. The van der Waals surface area contributed by atoms with E-state index in [0.717, 1.165) is 19.0 Å². The highest BCUT2D eigenvalue weighted by Crippen LogP contribution is 2.16. The summed E-state index contributed by atoms with van der Waals surface area (Å²) in [6.45, 7) is 10.1. The Kier molecular flexibility index (Phi) is 7.83. The van der Waals surface area contributed by atoms with Crippen LogP contribution in [0.15, 0.2) is 18.3 Å². The van der Waals surface area contributed by atoms with E-state index >= 15 is 0 Å². The van der Waals surface area contributed by atoms with Crippen molar-refractivity contribution in [2.24, 2.45) is 5.92 Å². The van der Waals surface area contributed by atoms with Crippen LogP contribution in [-0.4, -0.2) is 11.1 Å². The molecule has 0 radical (unpaired) electrons. The fraction of sp³-hybridized carbons (Fsp3) is 0.750. The first-order valence-corrected chi connectivity index (χ1v) is 7.66. The van der Waals surface area contributed by atoms with Crippen molar-refractivity contribution in [3.63, 3.8) is 0 Å². The number of rotatable bonds is 10. The van der Waals surface area contributed by atoms with Gasteiger partial charge in [-0.05, 0) is 37.4 Å². The van der Waals surface area contributed by atoms with E-state index in [9.17, 15) is 0 Å². The van der Waals surface area contributed by atoms with Crippen molar-refractivity contribution in [2.45, 2.75) is 66.0 Å². The number of nitrogens with zero attached hydrogens (tertiary/aromatic N) is 1. The van der Waals surface area contributed by atoms with E-state index in [0.29, 0.717) is 0 Å². The van der Waals surface area contributed by atoms with Crippen LogP contribution < -0.4 is 5.32 Å². The molecule has 104 valence electrons. The minimum absolute atomic E-state index is 0.835. The number of aromatic nitrogens is 1. The van der Waals surface area contributed by atoms with Crippen LogP contribution in [0.4, 0.5) is 0 Å². The number of hydrogen-bond donors (Lipinski definition) is 1. The molecule has 0 aliphatic rings. The van der Waals surface area contributed by atoms with Gasteiger partial charge < -0.3 is 9.88 Å². The molecular weight excluding hydrogens is 220 g/mol. The van der Waals surface area contributed by atoms with E-state index in [1.165, 1.54) is 44.3 Å². The van der Waals surface area contributed by atoms with Gasteiger partial charge in [0.15, 0.2) is 0 Å². The predicted molar refractivity (Wildman–Crippen MR) is 79.7 cm³/mol. The minimum Gasteiger partial charge on any atom is -0.350 e. The van der Waals surface area contributed by atoms with Crippen LogP contribution >= 0.6 is 0 Å². The molecule has 0 fully saturated rings. The van der Waals surface area contributed by atoms with Gasteiger partial charge in [-0.25, -0.2) is 0 Å². The van der Waals surface area contributed by atoms with Crippen LogP contribution in [0.1, 0.15) is 58.6 Å². The van der Waals surface area contributed by atoms with Gasteiger partial charge in [-0.15, -0.1) is 0 Å². The van der Waals surface area contributed by atoms with Gasteiger partial charge in [0.05, 0.1) is 0 Å². The third-order valence-electron chi connectivity index (χ3n) is 3.65. The third kappa shape index (κ3) is 5.26. The average molecular weight is 250 g/mol. The number of hydrogen-bond acceptors (Lipinski definition) is 1. The summed E-state index contributed by atoms with van der Waals surface area (Å²) in [5, 5.41) is 3.49. The highest BCUT2D eigenvalue weighted by molar-refractivity contribution is 5.07. The second kappa shape index (κ2) is 9.21. The van der Waals surface area contributed by atoms with Crippen LogP contribution in [-0.2, 0) is 13.1 Å². The van der Waals surface area contributed by atoms with Gasteiger partial charge >= 0.3 is 0 Å². The van der Waals surface area contributed by atoms with Crippen molar-refractivity contribution in [1.29, 1.82) is 0 Å². The zero-order valence-electron chi connectivity index (χ0n) is 12.4. The van der Waals surface area contributed by atoms with E-state index in [1.807, 2.05) is 0 Å².